The van der Waals surface area contributed by atoms with Crippen LogP contribution in [-0.2, 0) is 9.59 Å². The molecule has 0 radical (unpaired) electrons. The molecule has 24 heavy (non-hydrogen) atoms. The van der Waals surface area contributed by atoms with Gasteiger partial charge in [-0.2, -0.15) is 0 Å². The zero-order valence-electron chi connectivity index (χ0n) is 13.1. The summed E-state index contributed by atoms with van der Waals surface area (Å²) >= 11 is 12.0. The first-order chi connectivity index (χ1) is 10.9. The van der Waals surface area contributed by atoms with E-state index >= 15 is 0 Å². The molecule has 2 fully saturated rings. The van der Waals surface area contributed by atoms with Crippen molar-refractivity contribution in [1.29, 1.82) is 0 Å². The van der Waals surface area contributed by atoms with Crippen molar-refractivity contribution in [3.8, 4) is 0 Å². The van der Waals surface area contributed by atoms with Crippen LogP contribution < -0.4 is 10.6 Å². The summed E-state index contributed by atoms with van der Waals surface area (Å²) < 4.78 is 0. The van der Waals surface area contributed by atoms with Crippen molar-refractivity contribution in [2.24, 2.45) is 11.7 Å². The summed E-state index contributed by atoms with van der Waals surface area (Å²) in [6.45, 7) is 1.66. The highest BCUT2D eigenvalue weighted by Gasteiger charge is 2.38. The number of piperidine rings is 1. The Morgan fingerprint density at radius 1 is 1.17 bits per heavy atom. The van der Waals surface area contributed by atoms with Gasteiger partial charge in [0.25, 0.3) is 0 Å². The Bertz CT molecular complexity index is 621. The van der Waals surface area contributed by atoms with E-state index in [1.807, 2.05) is 0 Å². The second kappa shape index (κ2) is 7.91. The monoisotopic (exact) mass is 391 g/mol. The first-order valence-electron chi connectivity index (χ1n) is 7.75. The van der Waals surface area contributed by atoms with Crippen LogP contribution in [0.4, 0.5) is 5.69 Å². The van der Waals surface area contributed by atoms with E-state index in [0.717, 1.165) is 19.4 Å². The van der Waals surface area contributed by atoms with Gasteiger partial charge in [-0.25, -0.2) is 0 Å². The van der Waals surface area contributed by atoms with Crippen LogP contribution in [-0.4, -0.2) is 42.4 Å². The molecule has 1 aromatic carbocycles. The van der Waals surface area contributed by atoms with Crippen LogP contribution in [0.3, 0.4) is 0 Å². The van der Waals surface area contributed by atoms with Gasteiger partial charge in [-0.15, -0.1) is 12.4 Å². The summed E-state index contributed by atoms with van der Waals surface area (Å²) in [5, 5.41) is 0.939. The maximum Gasteiger partial charge on any atom is 0.228 e. The standard InChI is InChI=1S/C16H19Cl2N3O2.ClH/c17-11-5-12(18)7-14(6-11)21-8-10(4-15(21)22)16(23)20-3-1-2-13(19)9-20;/h5-7,10,13H,1-4,8-9,19H2;1H. The highest BCUT2D eigenvalue weighted by molar-refractivity contribution is 6.35. The van der Waals surface area contributed by atoms with Gasteiger partial charge in [-0.3, -0.25) is 9.59 Å². The summed E-state index contributed by atoms with van der Waals surface area (Å²) in [4.78, 5) is 28.3. The molecule has 0 bridgehead atoms. The minimum absolute atomic E-state index is 0. The lowest BCUT2D eigenvalue weighted by Crippen LogP contribution is -2.48. The predicted molar refractivity (Wildman–Crippen MR) is 98.0 cm³/mol. The molecule has 5 nitrogen and oxygen atoms in total. The number of benzene rings is 1. The van der Waals surface area contributed by atoms with Gasteiger partial charge in [0.1, 0.15) is 0 Å². The number of hydrogen-bond donors (Lipinski definition) is 1. The Morgan fingerprint density at radius 2 is 1.83 bits per heavy atom. The number of nitrogens with zero attached hydrogens (tertiary/aromatic N) is 2. The fourth-order valence-corrected chi connectivity index (χ4v) is 3.80. The smallest absolute Gasteiger partial charge is 0.228 e. The zero-order valence-corrected chi connectivity index (χ0v) is 15.4. The third-order valence-corrected chi connectivity index (χ3v) is 4.84. The number of likely N-dealkylation sites (tertiary alicyclic amines) is 1. The molecule has 0 spiro atoms. The molecule has 2 aliphatic heterocycles. The Balaban J connectivity index is 0.00000208. The Kier molecular flexibility index (Phi) is 6.37. The molecule has 2 unspecified atom stereocenters. The first kappa shape index (κ1) is 19.3. The summed E-state index contributed by atoms with van der Waals surface area (Å²) in [7, 11) is 0. The molecule has 0 aliphatic carbocycles. The van der Waals surface area contributed by atoms with Gasteiger partial charge in [0, 0.05) is 47.8 Å². The molecule has 3 rings (SSSR count). The van der Waals surface area contributed by atoms with Crippen LogP contribution in [0.25, 0.3) is 0 Å². The van der Waals surface area contributed by atoms with Gasteiger partial charge in [0.05, 0.1) is 5.92 Å². The third kappa shape index (κ3) is 4.14. The van der Waals surface area contributed by atoms with Gasteiger partial charge >= 0.3 is 0 Å². The van der Waals surface area contributed by atoms with Crippen LogP contribution in [0.2, 0.25) is 10.0 Å². The van der Waals surface area contributed by atoms with E-state index in [4.69, 9.17) is 28.9 Å². The van der Waals surface area contributed by atoms with Gasteiger partial charge in [-0.1, -0.05) is 23.2 Å². The van der Waals surface area contributed by atoms with E-state index in [-0.39, 0.29) is 42.6 Å². The van der Waals surface area contributed by atoms with Crippen LogP contribution in [0.5, 0.6) is 0 Å². The number of carbonyl (C=O) groups is 2. The van der Waals surface area contributed by atoms with Crippen molar-refractivity contribution in [2.75, 3.05) is 24.5 Å². The average molecular weight is 393 g/mol. The predicted octanol–water partition coefficient (Wildman–Crippen LogP) is 2.72. The van der Waals surface area contributed by atoms with Crippen molar-refractivity contribution < 1.29 is 9.59 Å². The minimum Gasteiger partial charge on any atom is -0.341 e. The molecule has 1 aromatic rings. The summed E-state index contributed by atoms with van der Waals surface area (Å²) in [6, 6.07) is 5.03. The van der Waals surface area contributed by atoms with E-state index in [0.29, 0.717) is 28.8 Å². The molecule has 2 aliphatic rings. The fraction of sp³-hybridized carbons (Fsp3) is 0.500. The molecule has 0 aromatic heterocycles. The van der Waals surface area contributed by atoms with Crippen molar-refractivity contribution >= 4 is 53.1 Å². The quantitative estimate of drug-likeness (QED) is 0.841. The number of carbonyl (C=O) groups excluding carboxylic acids is 2. The lowest BCUT2D eigenvalue weighted by Gasteiger charge is -2.32. The summed E-state index contributed by atoms with van der Waals surface area (Å²) in [5.74, 6) is -0.391. The highest BCUT2D eigenvalue weighted by atomic mass is 35.5. The molecular formula is C16H20Cl3N3O2. The van der Waals surface area contributed by atoms with E-state index in [9.17, 15) is 9.59 Å². The molecule has 2 atom stereocenters. The highest BCUT2D eigenvalue weighted by Crippen LogP contribution is 2.31. The van der Waals surface area contributed by atoms with Crippen LogP contribution in [0.15, 0.2) is 18.2 Å². The summed E-state index contributed by atoms with van der Waals surface area (Å²) in [6.07, 6.45) is 2.08. The number of rotatable bonds is 2. The maximum atomic E-state index is 12.6. The van der Waals surface area contributed by atoms with E-state index < -0.39 is 0 Å². The van der Waals surface area contributed by atoms with Crippen molar-refractivity contribution in [3.63, 3.8) is 0 Å². The maximum absolute atomic E-state index is 12.6. The van der Waals surface area contributed by atoms with Crippen molar-refractivity contribution in [1.82, 2.24) is 4.90 Å². The Labute approximate surface area is 157 Å². The molecule has 8 heteroatoms. The average Bonchev–Trinajstić information content (AvgIpc) is 2.87. The molecule has 2 N–H and O–H groups in total. The second-order valence-electron chi connectivity index (χ2n) is 6.22. The van der Waals surface area contributed by atoms with Crippen LogP contribution in [0.1, 0.15) is 19.3 Å². The van der Waals surface area contributed by atoms with Gasteiger partial charge in [0.2, 0.25) is 11.8 Å². The second-order valence-corrected chi connectivity index (χ2v) is 7.09. The van der Waals surface area contributed by atoms with Crippen LogP contribution >= 0.6 is 35.6 Å². The normalized spacial score (nSPS) is 24.0. The minimum atomic E-state index is -0.328. The largest absolute Gasteiger partial charge is 0.341 e. The molecule has 132 valence electrons. The Hall–Kier alpha value is -1.01. The fourth-order valence-electron chi connectivity index (χ4n) is 3.29. The zero-order chi connectivity index (χ0) is 16.6. The number of hydrogen-bond acceptors (Lipinski definition) is 3. The molecule has 2 saturated heterocycles. The molecule has 2 heterocycles. The van der Waals surface area contributed by atoms with E-state index in [1.54, 1.807) is 28.0 Å². The summed E-state index contributed by atoms with van der Waals surface area (Å²) in [5.41, 5.74) is 6.58. The third-order valence-electron chi connectivity index (χ3n) is 4.40. The van der Waals surface area contributed by atoms with Crippen molar-refractivity contribution in [2.45, 2.75) is 25.3 Å². The van der Waals surface area contributed by atoms with Crippen molar-refractivity contribution in [3.05, 3.63) is 28.2 Å². The number of anilines is 1. The number of halogens is 3. The number of amides is 2. The lowest BCUT2D eigenvalue weighted by molar-refractivity contribution is -0.136. The van der Waals surface area contributed by atoms with Gasteiger partial charge in [0.15, 0.2) is 0 Å². The number of nitrogens with two attached hydrogens (primary N) is 1. The van der Waals surface area contributed by atoms with Crippen LogP contribution in [0, 0.1) is 5.92 Å². The topological polar surface area (TPSA) is 66.6 Å². The molecular weight excluding hydrogens is 373 g/mol. The van der Waals surface area contributed by atoms with E-state index in [2.05, 4.69) is 0 Å². The van der Waals surface area contributed by atoms with Gasteiger partial charge < -0.3 is 15.5 Å². The Morgan fingerprint density at radius 3 is 2.46 bits per heavy atom. The molecule has 2 amide bonds. The first-order valence-corrected chi connectivity index (χ1v) is 8.50. The van der Waals surface area contributed by atoms with Gasteiger partial charge in [-0.05, 0) is 31.0 Å². The lowest BCUT2D eigenvalue weighted by atomic mass is 10.0. The molecule has 0 saturated carbocycles. The van der Waals surface area contributed by atoms with E-state index in [1.165, 1.54) is 0 Å². The SMILES string of the molecule is Cl.NC1CCCN(C(=O)C2CC(=O)N(c3cc(Cl)cc(Cl)c3)C2)C1.